The van der Waals surface area contributed by atoms with Gasteiger partial charge in [0.25, 0.3) is 0 Å². The lowest BCUT2D eigenvalue weighted by Gasteiger charge is -2.10. The third kappa shape index (κ3) is 2.17. The van der Waals surface area contributed by atoms with Gasteiger partial charge in [0.1, 0.15) is 16.7 Å². The molecule has 0 amide bonds. The number of aryl methyl sites for hydroxylation is 1. The zero-order valence-corrected chi connectivity index (χ0v) is 11.2. The molecular formula is C12H15ClN4. The second kappa shape index (κ2) is 4.45. The van der Waals surface area contributed by atoms with Crippen molar-refractivity contribution in [1.29, 1.82) is 0 Å². The third-order valence-corrected chi connectivity index (χ3v) is 3.02. The molecule has 0 atom stereocenters. The summed E-state index contributed by atoms with van der Waals surface area (Å²) in [6.45, 7) is 6.00. The lowest BCUT2D eigenvalue weighted by atomic mass is 10.2. The highest BCUT2D eigenvalue weighted by atomic mass is 35.5. The molecule has 0 radical (unpaired) electrons. The number of hydrogen-bond acceptors (Lipinski definition) is 3. The maximum Gasteiger partial charge on any atom is 0.158 e. The van der Waals surface area contributed by atoms with Crippen LogP contribution >= 0.6 is 11.6 Å². The Hall–Kier alpha value is -1.42. The summed E-state index contributed by atoms with van der Waals surface area (Å²) in [6, 6.07) is 0. The molecule has 0 fully saturated rings. The molecule has 17 heavy (non-hydrogen) atoms. The lowest BCUT2D eigenvalue weighted by Crippen LogP contribution is -2.04. The fourth-order valence-corrected chi connectivity index (χ4v) is 1.75. The molecule has 0 N–H and O–H groups in total. The maximum atomic E-state index is 6.14. The maximum absolute atomic E-state index is 6.14. The smallest absolute Gasteiger partial charge is 0.158 e. The van der Waals surface area contributed by atoms with Crippen molar-refractivity contribution in [1.82, 2.24) is 19.5 Å². The van der Waals surface area contributed by atoms with Gasteiger partial charge in [0.15, 0.2) is 5.82 Å². The van der Waals surface area contributed by atoms with Crippen LogP contribution in [0.25, 0.3) is 11.5 Å². The van der Waals surface area contributed by atoms with Crippen molar-refractivity contribution < 1.29 is 0 Å². The molecule has 2 heterocycles. The first kappa shape index (κ1) is 12.0. The molecule has 0 aliphatic carbocycles. The van der Waals surface area contributed by atoms with Crippen molar-refractivity contribution >= 4 is 11.6 Å². The molecular weight excluding hydrogens is 236 g/mol. The molecule has 4 nitrogen and oxygen atoms in total. The van der Waals surface area contributed by atoms with Gasteiger partial charge in [-0.05, 0) is 6.92 Å². The molecule has 90 valence electrons. The highest BCUT2D eigenvalue weighted by Crippen LogP contribution is 2.26. The van der Waals surface area contributed by atoms with Gasteiger partial charge in [-0.3, -0.25) is 0 Å². The first-order valence-electron chi connectivity index (χ1n) is 5.52. The van der Waals surface area contributed by atoms with Crippen LogP contribution in [0.15, 0.2) is 12.4 Å². The average molecular weight is 251 g/mol. The zero-order valence-electron chi connectivity index (χ0n) is 10.4. The predicted molar refractivity (Wildman–Crippen MR) is 68.1 cm³/mol. The van der Waals surface area contributed by atoms with E-state index in [0.29, 0.717) is 5.15 Å². The Morgan fingerprint density at radius 1 is 1.29 bits per heavy atom. The second-order valence-electron chi connectivity index (χ2n) is 4.36. The van der Waals surface area contributed by atoms with Crippen LogP contribution in [0, 0.1) is 6.92 Å². The van der Waals surface area contributed by atoms with Crippen LogP contribution in [0.4, 0.5) is 0 Å². The fourth-order valence-electron chi connectivity index (χ4n) is 1.58. The van der Waals surface area contributed by atoms with Crippen molar-refractivity contribution in [2.24, 2.45) is 7.05 Å². The number of halogens is 1. The molecule has 2 aromatic rings. The molecule has 2 aromatic heterocycles. The summed E-state index contributed by atoms with van der Waals surface area (Å²) < 4.78 is 1.93. The zero-order chi connectivity index (χ0) is 12.6. The van der Waals surface area contributed by atoms with E-state index in [1.54, 1.807) is 6.20 Å². The van der Waals surface area contributed by atoms with E-state index in [0.717, 1.165) is 22.9 Å². The average Bonchev–Trinajstić information content (AvgIpc) is 2.68. The van der Waals surface area contributed by atoms with Gasteiger partial charge in [0, 0.05) is 30.9 Å². The van der Waals surface area contributed by atoms with Crippen LogP contribution < -0.4 is 0 Å². The van der Waals surface area contributed by atoms with Gasteiger partial charge in [0.2, 0.25) is 0 Å². The minimum absolute atomic E-state index is 0.243. The summed E-state index contributed by atoms with van der Waals surface area (Å²) in [7, 11) is 1.94. The van der Waals surface area contributed by atoms with Crippen molar-refractivity contribution in [2.75, 3.05) is 0 Å². The summed E-state index contributed by atoms with van der Waals surface area (Å²) in [4.78, 5) is 13.1. The standard InChI is InChI=1S/C12H15ClN4/c1-7(2)11-15-9(8(3)10(13)16-11)12-14-5-6-17(12)4/h5-7H,1-4H3. The quantitative estimate of drug-likeness (QED) is 0.770. The molecule has 0 unspecified atom stereocenters. The van der Waals surface area contributed by atoms with Gasteiger partial charge >= 0.3 is 0 Å². The van der Waals surface area contributed by atoms with Crippen LogP contribution in [0.5, 0.6) is 0 Å². The van der Waals surface area contributed by atoms with Gasteiger partial charge in [0.05, 0.1) is 0 Å². The topological polar surface area (TPSA) is 43.6 Å². The molecule has 0 aliphatic heterocycles. The molecule has 0 bridgehead atoms. The van der Waals surface area contributed by atoms with E-state index in [9.17, 15) is 0 Å². The van der Waals surface area contributed by atoms with Crippen LogP contribution in [0.3, 0.4) is 0 Å². The van der Waals surface area contributed by atoms with Crippen molar-refractivity contribution in [3.8, 4) is 11.5 Å². The molecule has 0 saturated heterocycles. The van der Waals surface area contributed by atoms with Crippen molar-refractivity contribution in [3.05, 3.63) is 28.9 Å². The highest BCUT2D eigenvalue weighted by Gasteiger charge is 2.15. The normalized spacial score (nSPS) is 11.2. The summed E-state index contributed by atoms with van der Waals surface area (Å²) in [5, 5.41) is 0.502. The SMILES string of the molecule is Cc1c(Cl)nc(C(C)C)nc1-c1nccn1C. The van der Waals surface area contributed by atoms with Gasteiger partial charge < -0.3 is 4.57 Å². The first-order valence-corrected chi connectivity index (χ1v) is 5.90. The Balaban J connectivity index is 2.65. The molecule has 5 heteroatoms. The Morgan fingerprint density at radius 3 is 2.53 bits per heavy atom. The largest absolute Gasteiger partial charge is 0.333 e. The van der Waals surface area contributed by atoms with Crippen LogP contribution in [0.2, 0.25) is 5.15 Å². The third-order valence-electron chi connectivity index (χ3n) is 2.65. The first-order chi connectivity index (χ1) is 8.00. The minimum atomic E-state index is 0.243. The van der Waals surface area contributed by atoms with E-state index in [1.807, 2.05) is 38.6 Å². The fraction of sp³-hybridized carbons (Fsp3) is 0.417. The predicted octanol–water partition coefficient (Wildman–Crippen LogP) is 2.96. The van der Waals surface area contributed by atoms with Crippen LogP contribution in [-0.2, 0) is 7.05 Å². The number of nitrogens with zero attached hydrogens (tertiary/aromatic N) is 4. The summed E-state index contributed by atoms with van der Waals surface area (Å²) >= 11 is 6.14. The van der Waals surface area contributed by atoms with E-state index in [1.165, 1.54) is 0 Å². The van der Waals surface area contributed by atoms with Gasteiger partial charge in [-0.15, -0.1) is 0 Å². The summed E-state index contributed by atoms with van der Waals surface area (Å²) in [5.41, 5.74) is 1.67. The monoisotopic (exact) mass is 250 g/mol. The van der Waals surface area contributed by atoms with Gasteiger partial charge in [-0.2, -0.15) is 0 Å². The van der Waals surface area contributed by atoms with E-state index in [-0.39, 0.29) is 5.92 Å². The number of rotatable bonds is 2. The van der Waals surface area contributed by atoms with Crippen molar-refractivity contribution in [2.45, 2.75) is 26.7 Å². The number of hydrogen-bond donors (Lipinski definition) is 0. The molecule has 0 aromatic carbocycles. The van der Waals surface area contributed by atoms with Crippen LogP contribution in [-0.4, -0.2) is 19.5 Å². The van der Waals surface area contributed by atoms with Gasteiger partial charge in [-0.25, -0.2) is 15.0 Å². The van der Waals surface area contributed by atoms with Crippen molar-refractivity contribution in [3.63, 3.8) is 0 Å². The molecule has 2 rings (SSSR count). The van der Waals surface area contributed by atoms with Gasteiger partial charge in [-0.1, -0.05) is 25.4 Å². The Kier molecular flexibility index (Phi) is 3.15. The Morgan fingerprint density at radius 2 is 2.00 bits per heavy atom. The Labute approximate surface area is 106 Å². The van der Waals surface area contributed by atoms with E-state index in [2.05, 4.69) is 15.0 Å². The summed E-state index contributed by atoms with van der Waals surface area (Å²) in [6.07, 6.45) is 3.64. The molecule has 0 saturated carbocycles. The minimum Gasteiger partial charge on any atom is -0.333 e. The molecule has 0 spiro atoms. The molecule has 0 aliphatic rings. The Bertz CT molecular complexity index is 545. The van der Waals surface area contributed by atoms with E-state index in [4.69, 9.17) is 11.6 Å². The van der Waals surface area contributed by atoms with E-state index < -0.39 is 0 Å². The lowest BCUT2D eigenvalue weighted by molar-refractivity contribution is 0.769. The number of aromatic nitrogens is 4. The van der Waals surface area contributed by atoms with E-state index >= 15 is 0 Å². The van der Waals surface area contributed by atoms with Crippen LogP contribution in [0.1, 0.15) is 31.2 Å². The highest BCUT2D eigenvalue weighted by molar-refractivity contribution is 6.30. The number of imidazole rings is 1. The summed E-state index contributed by atoms with van der Waals surface area (Å²) in [5.74, 6) is 1.81. The second-order valence-corrected chi connectivity index (χ2v) is 4.72.